The molecule has 0 aromatic heterocycles. The molecule has 1 aromatic carbocycles. The van der Waals surface area contributed by atoms with Gasteiger partial charge in [0, 0.05) is 18.7 Å². The monoisotopic (exact) mass is 300 g/mol. The Kier molecular flexibility index (Phi) is 4.46. The van der Waals surface area contributed by atoms with E-state index < -0.39 is 15.8 Å². The van der Waals surface area contributed by atoms with E-state index in [0.717, 1.165) is 19.3 Å². The van der Waals surface area contributed by atoms with E-state index >= 15 is 0 Å². The molecule has 0 unspecified atom stereocenters. The highest BCUT2D eigenvalue weighted by atomic mass is 32.2. The van der Waals surface area contributed by atoms with Crippen molar-refractivity contribution < 1.29 is 12.8 Å². The minimum atomic E-state index is -3.57. The molecule has 1 fully saturated rings. The van der Waals surface area contributed by atoms with Crippen LogP contribution >= 0.6 is 0 Å². The van der Waals surface area contributed by atoms with E-state index in [0.29, 0.717) is 18.7 Å². The van der Waals surface area contributed by atoms with Gasteiger partial charge in [0.1, 0.15) is 5.82 Å². The summed E-state index contributed by atoms with van der Waals surface area (Å²) in [5.74, 6) is -0.399. The lowest BCUT2D eigenvalue weighted by Crippen LogP contribution is -2.39. The van der Waals surface area contributed by atoms with Crippen molar-refractivity contribution in [2.45, 2.75) is 37.6 Å². The summed E-state index contributed by atoms with van der Waals surface area (Å²) in [6.45, 7) is 2.82. The molecule has 0 amide bonds. The predicted molar refractivity (Wildman–Crippen MR) is 76.3 cm³/mol. The number of rotatable bonds is 6. The van der Waals surface area contributed by atoms with Gasteiger partial charge in [0.05, 0.1) is 4.90 Å². The lowest BCUT2D eigenvalue weighted by atomic mass is 9.71. The minimum Gasteiger partial charge on any atom is -0.316 e. The van der Waals surface area contributed by atoms with Crippen LogP contribution in [0.2, 0.25) is 0 Å². The van der Waals surface area contributed by atoms with E-state index in [-0.39, 0.29) is 10.3 Å². The summed E-state index contributed by atoms with van der Waals surface area (Å²) in [5, 5.41) is 2.82. The Morgan fingerprint density at radius 3 is 2.60 bits per heavy atom. The lowest BCUT2D eigenvalue weighted by Gasteiger charge is -2.38. The molecule has 6 heteroatoms. The van der Waals surface area contributed by atoms with Gasteiger partial charge in [-0.1, -0.05) is 13.3 Å². The Balaban J connectivity index is 2.14. The van der Waals surface area contributed by atoms with E-state index in [1.807, 2.05) is 0 Å². The number of hydrogen-bond donors (Lipinski definition) is 2. The van der Waals surface area contributed by atoms with Gasteiger partial charge >= 0.3 is 0 Å². The molecule has 0 spiro atoms. The van der Waals surface area contributed by atoms with Gasteiger partial charge < -0.3 is 5.32 Å². The van der Waals surface area contributed by atoms with Crippen LogP contribution in [0, 0.1) is 11.2 Å². The van der Waals surface area contributed by atoms with E-state index in [2.05, 4.69) is 17.0 Å². The average Bonchev–Trinajstić information content (AvgIpc) is 2.37. The Morgan fingerprint density at radius 2 is 2.05 bits per heavy atom. The number of sulfonamides is 1. The van der Waals surface area contributed by atoms with Crippen LogP contribution in [0.5, 0.6) is 0 Å². The smallest absolute Gasteiger partial charge is 0.240 e. The van der Waals surface area contributed by atoms with Gasteiger partial charge in [-0.05, 0) is 43.5 Å². The van der Waals surface area contributed by atoms with Gasteiger partial charge in [0.15, 0.2) is 0 Å². The van der Waals surface area contributed by atoms with E-state index in [1.54, 1.807) is 7.05 Å². The number of halogens is 1. The molecule has 0 aliphatic heterocycles. The summed E-state index contributed by atoms with van der Waals surface area (Å²) in [7, 11) is -1.88. The van der Waals surface area contributed by atoms with E-state index in [1.165, 1.54) is 18.2 Å². The van der Waals surface area contributed by atoms with Gasteiger partial charge in [0.25, 0.3) is 0 Å². The van der Waals surface area contributed by atoms with Crippen molar-refractivity contribution in [2.75, 3.05) is 13.6 Å². The summed E-state index contributed by atoms with van der Waals surface area (Å²) >= 11 is 0. The quantitative estimate of drug-likeness (QED) is 0.845. The fraction of sp³-hybridized carbons (Fsp3) is 0.571. The lowest BCUT2D eigenvalue weighted by molar-refractivity contribution is 0.166. The second-order valence-corrected chi connectivity index (χ2v) is 7.54. The second-order valence-electron chi connectivity index (χ2n) is 5.77. The molecule has 2 rings (SSSR count). The summed E-state index contributed by atoms with van der Waals surface area (Å²) in [4.78, 5) is 0.118. The van der Waals surface area contributed by atoms with Crippen LogP contribution in [-0.4, -0.2) is 22.0 Å². The van der Waals surface area contributed by atoms with Crippen molar-refractivity contribution in [3.8, 4) is 0 Å². The molecule has 0 atom stereocenters. The zero-order chi connectivity index (χ0) is 14.8. The van der Waals surface area contributed by atoms with Gasteiger partial charge in [0.2, 0.25) is 10.0 Å². The Labute approximate surface area is 119 Å². The first kappa shape index (κ1) is 15.4. The maximum atomic E-state index is 13.5. The van der Waals surface area contributed by atoms with Gasteiger partial charge in [-0.2, -0.15) is 0 Å². The van der Waals surface area contributed by atoms with E-state index in [9.17, 15) is 12.8 Å². The van der Waals surface area contributed by atoms with Crippen LogP contribution in [0.15, 0.2) is 23.1 Å². The molecule has 20 heavy (non-hydrogen) atoms. The third-order valence-electron chi connectivity index (χ3n) is 3.94. The highest BCUT2D eigenvalue weighted by Gasteiger charge is 2.33. The van der Waals surface area contributed by atoms with Crippen LogP contribution < -0.4 is 10.0 Å². The number of nitrogens with one attached hydrogen (secondary N) is 2. The maximum absolute atomic E-state index is 13.5. The molecule has 0 saturated heterocycles. The average molecular weight is 300 g/mol. The van der Waals surface area contributed by atoms with E-state index in [4.69, 9.17) is 0 Å². The molecule has 1 aromatic rings. The molecule has 1 aliphatic rings. The van der Waals surface area contributed by atoms with Gasteiger partial charge in [-0.15, -0.1) is 0 Å². The van der Waals surface area contributed by atoms with Crippen molar-refractivity contribution in [1.82, 2.24) is 10.0 Å². The summed E-state index contributed by atoms with van der Waals surface area (Å²) < 4.78 is 40.6. The van der Waals surface area contributed by atoms with Crippen molar-refractivity contribution >= 4 is 10.0 Å². The maximum Gasteiger partial charge on any atom is 0.240 e. The standard InChI is InChI=1S/C14H21FN2O2S/c1-14(6-3-7-14)10-17-20(18,19)12-4-5-13(15)11(8-12)9-16-2/h4-5,8,16-17H,3,6-7,9-10H2,1-2H3. The van der Waals surface area contributed by atoms with Gasteiger partial charge in [-0.3, -0.25) is 0 Å². The van der Waals surface area contributed by atoms with Crippen molar-refractivity contribution in [1.29, 1.82) is 0 Å². The molecule has 0 bridgehead atoms. The third kappa shape index (κ3) is 3.37. The Hall–Kier alpha value is -0.980. The van der Waals surface area contributed by atoms with Crippen LogP contribution in [0.3, 0.4) is 0 Å². The zero-order valence-electron chi connectivity index (χ0n) is 11.9. The predicted octanol–water partition coefficient (Wildman–Crippen LogP) is 2.01. The largest absolute Gasteiger partial charge is 0.316 e. The second kappa shape index (κ2) is 5.79. The molecule has 0 radical (unpaired) electrons. The summed E-state index contributed by atoms with van der Waals surface area (Å²) in [5.41, 5.74) is 0.422. The SMILES string of the molecule is CNCc1cc(S(=O)(=O)NCC2(C)CCC2)ccc1F. The zero-order valence-corrected chi connectivity index (χ0v) is 12.7. The molecule has 0 heterocycles. The molecular formula is C14H21FN2O2S. The Bertz CT molecular complexity index is 583. The van der Waals surface area contributed by atoms with Crippen LogP contribution in [-0.2, 0) is 16.6 Å². The highest BCUT2D eigenvalue weighted by molar-refractivity contribution is 7.89. The molecule has 1 saturated carbocycles. The first-order valence-electron chi connectivity index (χ1n) is 6.79. The first-order chi connectivity index (χ1) is 9.36. The summed E-state index contributed by atoms with van der Waals surface area (Å²) in [6, 6.07) is 3.89. The van der Waals surface area contributed by atoms with Crippen LogP contribution in [0.4, 0.5) is 4.39 Å². The fourth-order valence-corrected chi connectivity index (χ4v) is 3.60. The minimum absolute atomic E-state index is 0.0703. The Morgan fingerprint density at radius 1 is 1.35 bits per heavy atom. The van der Waals surface area contributed by atoms with Crippen molar-refractivity contribution in [2.24, 2.45) is 5.41 Å². The molecule has 1 aliphatic carbocycles. The fourth-order valence-electron chi connectivity index (χ4n) is 2.35. The summed E-state index contributed by atoms with van der Waals surface area (Å²) in [6.07, 6.45) is 3.25. The van der Waals surface area contributed by atoms with Crippen LogP contribution in [0.25, 0.3) is 0 Å². The topological polar surface area (TPSA) is 58.2 Å². The number of hydrogen-bond acceptors (Lipinski definition) is 3. The first-order valence-corrected chi connectivity index (χ1v) is 8.27. The number of benzene rings is 1. The normalized spacial score (nSPS) is 17.8. The van der Waals surface area contributed by atoms with Gasteiger partial charge in [-0.25, -0.2) is 17.5 Å². The molecule has 4 nitrogen and oxygen atoms in total. The highest BCUT2D eigenvalue weighted by Crippen LogP contribution is 2.39. The molecular weight excluding hydrogens is 279 g/mol. The molecule has 2 N–H and O–H groups in total. The molecule has 112 valence electrons. The van der Waals surface area contributed by atoms with Crippen molar-refractivity contribution in [3.63, 3.8) is 0 Å². The van der Waals surface area contributed by atoms with Crippen LogP contribution in [0.1, 0.15) is 31.7 Å². The third-order valence-corrected chi connectivity index (χ3v) is 5.34. The van der Waals surface area contributed by atoms with Crippen molar-refractivity contribution in [3.05, 3.63) is 29.6 Å².